The maximum Gasteiger partial charge on any atom is 0.264 e. The van der Waals surface area contributed by atoms with Crippen molar-refractivity contribution in [2.75, 3.05) is 10.8 Å². The number of nitrogens with zero attached hydrogens (tertiary/aromatic N) is 2. The van der Waals surface area contributed by atoms with Gasteiger partial charge in [0.15, 0.2) is 0 Å². The molecule has 0 fully saturated rings. The van der Waals surface area contributed by atoms with E-state index in [1.54, 1.807) is 25.1 Å². The number of sulfonamides is 1. The second-order valence-electron chi connectivity index (χ2n) is 10.5. The van der Waals surface area contributed by atoms with Gasteiger partial charge in [0, 0.05) is 16.6 Å². The Kier molecular flexibility index (Phi) is 10.3. The average Bonchev–Trinajstić information content (AvgIpc) is 2.86. The molecule has 0 aliphatic rings. The Bertz CT molecular complexity index is 1490. The second kappa shape index (κ2) is 12.9. The molecule has 3 aromatic rings. The van der Waals surface area contributed by atoms with E-state index in [1.807, 2.05) is 52.0 Å². The maximum absolute atomic E-state index is 14.0. The summed E-state index contributed by atoms with van der Waals surface area (Å²) in [4.78, 5) is 28.5. The fourth-order valence-electron chi connectivity index (χ4n) is 3.92. The van der Waals surface area contributed by atoms with Crippen LogP contribution >= 0.6 is 39.1 Å². The maximum atomic E-state index is 14.0. The molecular weight excluding hydrogens is 637 g/mol. The lowest BCUT2D eigenvalue weighted by atomic mass is 10.1. The summed E-state index contributed by atoms with van der Waals surface area (Å²) < 4.78 is 29.6. The molecule has 2 amide bonds. The van der Waals surface area contributed by atoms with Gasteiger partial charge in [-0.15, -0.1) is 0 Å². The van der Waals surface area contributed by atoms with E-state index < -0.39 is 34.1 Å². The van der Waals surface area contributed by atoms with E-state index in [1.165, 1.54) is 29.2 Å². The summed E-state index contributed by atoms with van der Waals surface area (Å²) in [5.74, 6) is -0.965. The van der Waals surface area contributed by atoms with Gasteiger partial charge >= 0.3 is 0 Å². The summed E-state index contributed by atoms with van der Waals surface area (Å²) in [6, 6.07) is 17.3. The molecule has 0 aliphatic carbocycles. The van der Waals surface area contributed by atoms with Crippen LogP contribution < -0.4 is 9.62 Å². The van der Waals surface area contributed by atoms with Crippen LogP contribution in [-0.4, -0.2) is 43.3 Å². The zero-order valence-electron chi connectivity index (χ0n) is 22.9. The first kappa shape index (κ1) is 31.9. The van der Waals surface area contributed by atoms with Gasteiger partial charge in [-0.2, -0.15) is 0 Å². The van der Waals surface area contributed by atoms with Crippen molar-refractivity contribution >= 4 is 66.7 Å². The third kappa shape index (κ3) is 8.00. The molecule has 1 atom stereocenters. The topological polar surface area (TPSA) is 86.8 Å². The molecule has 0 aliphatic heterocycles. The second-order valence-corrected chi connectivity index (χ2v) is 14.0. The lowest BCUT2D eigenvalue weighted by Crippen LogP contribution is -2.54. The zero-order chi connectivity index (χ0) is 29.8. The number of nitrogens with one attached hydrogen (secondary N) is 1. The smallest absolute Gasteiger partial charge is 0.264 e. The lowest BCUT2D eigenvalue weighted by Gasteiger charge is -2.33. The molecule has 11 heteroatoms. The van der Waals surface area contributed by atoms with E-state index in [-0.39, 0.29) is 33.1 Å². The number of benzene rings is 3. The highest BCUT2D eigenvalue weighted by atomic mass is 79.9. The highest BCUT2D eigenvalue weighted by Crippen LogP contribution is 2.35. The molecule has 0 unspecified atom stereocenters. The minimum absolute atomic E-state index is 0.00952. The van der Waals surface area contributed by atoms with Crippen molar-refractivity contribution < 1.29 is 18.0 Å². The SMILES string of the molecule is Cc1ccc(S(=O)(=O)N(CC(=O)N(Cc2cccc(Br)c2)[C@@H](C)C(=O)NC(C)(C)C)c2cccc(Cl)c2Cl)cc1. The molecule has 7 nitrogen and oxygen atoms in total. The third-order valence-electron chi connectivity index (χ3n) is 6.00. The van der Waals surface area contributed by atoms with Gasteiger partial charge in [-0.05, 0) is 76.6 Å². The first-order valence-electron chi connectivity index (χ1n) is 12.5. The van der Waals surface area contributed by atoms with Crippen LogP contribution in [0.3, 0.4) is 0 Å². The summed E-state index contributed by atoms with van der Waals surface area (Å²) in [7, 11) is -4.26. The Balaban J connectivity index is 2.08. The van der Waals surface area contributed by atoms with Crippen LogP contribution in [0.4, 0.5) is 5.69 Å². The molecule has 3 aromatic carbocycles. The fraction of sp³-hybridized carbons (Fsp3) is 0.310. The molecule has 0 saturated heterocycles. The number of aryl methyl sites for hydroxylation is 1. The van der Waals surface area contributed by atoms with Gasteiger partial charge < -0.3 is 10.2 Å². The van der Waals surface area contributed by atoms with Crippen molar-refractivity contribution in [3.05, 3.63) is 92.4 Å². The monoisotopic (exact) mass is 667 g/mol. The molecular formula is C29H32BrCl2N3O4S. The fourth-order valence-corrected chi connectivity index (χ4v) is 6.24. The number of halogens is 3. The first-order valence-corrected chi connectivity index (χ1v) is 15.5. The van der Waals surface area contributed by atoms with Crippen molar-refractivity contribution in [3.8, 4) is 0 Å². The number of carbonyl (C=O) groups excluding carboxylic acids is 2. The number of hydrogen-bond donors (Lipinski definition) is 1. The van der Waals surface area contributed by atoms with Gasteiger partial charge in [0.2, 0.25) is 11.8 Å². The summed E-state index contributed by atoms with van der Waals surface area (Å²) in [6.45, 7) is 8.44. The van der Waals surface area contributed by atoms with Crippen molar-refractivity contribution in [1.82, 2.24) is 10.2 Å². The largest absolute Gasteiger partial charge is 0.350 e. The van der Waals surface area contributed by atoms with Crippen LogP contribution in [0.15, 0.2) is 76.1 Å². The molecule has 0 radical (unpaired) electrons. The van der Waals surface area contributed by atoms with Crippen molar-refractivity contribution in [1.29, 1.82) is 0 Å². The summed E-state index contributed by atoms with van der Waals surface area (Å²) in [6.07, 6.45) is 0. The van der Waals surface area contributed by atoms with E-state index >= 15 is 0 Å². The average molecular weight is 669 g/mol. The molecule has 0 spiro atoms. The van der Waals surface area contributed by atoms with Gasteiger partial charge in [-0.25, -0.2) is 8.42 Å². The zero-order valence-corrected chi connectivity index (χ0v) is 26.8. The molecule has 0 bridgehead atoms. The van der Waals surface area contributed by atoms with Crippen molar-refractivity contribution in [2.45, 2.75) is 57.6 Å². The number of carbonyl (C=O) groups is 2. The van der Waals surface area contributed by atoms with Gasteiger partial charge in [0.1, 0.15) is 12.6 Å². The molecule has 3 rings (SSSR count). The van der Waals surface area contributed by atoms with Gasteiger partial charge in [0.25, 0.3) is 10.0 Å². The van der Waals surface area contributed by atoms with Crippen molar-refractivity contribution in [2.24, 2.45) is 0 Å². The summed E-state index contributed by atoms with van der Waals surface area (Å²) in [5.41, 5.74) is 1.15. The predicted octanol–water partition coefficient (Wildman–Crippen LogP) is 6.59. The quantitative estimate of drug-likeness (QED) is 0.279. The van der Waals surface area contributed by atoms with Gasteiger partial charge in [-0.3, -0.25) is 13.9 Å². The van der Waals surface area contributed by atoms with Crippen LogP contribution in [0.2, 0.25) is 10.0 Å². The highest BCUT2D eigenvalue weighted by Gasteiger charge is 2.34. The lowest BCUT2D eigenvalue weighted by molar-refractivity contribution is -0.140. The number of anilines is 1. The van der Waals surface area contributed by atoms with E-state index in [2.05, 4.69) is 21.2 Å². The molecule has 214 valence electrons. The normalized spacial score (nSPS) is 12.5. The van der Waals surface area contributed by atoms with E-state index in [9.17, 15) is 18.0 Å². The first-order chi connectivity index (χ1) is 18.6. The highest BCUT2D eigenvalue weighted by molar-refractivity contribution is 9.10. The van der Waals surface area contributed by atoms with E-state index in [0.29, 0.717) is 0 Å². The van der Waals surface area contributed by atoms with E-state index in [4.69, 9.17) is 23.2 Å². The summed E-state index contributed by atoms with van der Waals surface area (Å²) >= 11 is 16.2. The van der Waals surface area contributed by atoms with Crippen LogP contribution in [0.5, 0.6) is 0 Å². The van der Waals surface area contributed by atoms with Crippen molar-refractivity contribution in [3.63, 3.8) is 0 Å². The minimum atomic E-state index is -4.26. The number of rotatable bonds is 9. The third-order valence-corrected chi connectivity index (χ3v) is 9.07. The summed E-state index contributed by atoms with van der Waals surface area (Å²) in [5, 5.41) is 3.03. The Morgan fingerprint density at radius 2 is 1.62 bits per heavy atom. The molecule has 0 heterocycles. The van der Waals surface area contributed by atoms with Crippen LogP contribution in [-0.2, 0) is 26.2 Å². The van der Waals surface area contributed by atoms with Gasteiger partial charge in [0.05, 0.1) is 20.6 Å². The standard InChI is InChI=1S/C29H32BrCl2N3O4S/c1-19-12-14-23(15-13-19)40(38,39)35(25-11-7-10-24(31)27(25)32)18-26(36)34(17-21-8-6-9-22(30)16-21)20(2)28(37)33-29(3,4)5/h6-16,20H,17-18H2,1-5H3,(H,33,37)/t20-/m0/s1. The Morgan fingerprint density at radius 3 is 2.23 bits per heavy atom. The van der Waals surface area contributed by atoms with E-state index in [0.717, 1.165) is 19.9 Å². The number of amides is 2. The minimum Gasteiger partial charge on any atom is -0.350 e. The van der Waals surface area contributed by atoms with Crippen LogP contribution in [0.25, 0.3) is 0 Å². The molecule has 0 saturated carbocycles. The Hall–Kier alpha value is -2.59. The van der Waals surface area contributed by atoms with Crippen LogP contribution in [0.1, 0.15) is 38.8 Å². The molecule has 1 N–H and O–H groups in total. The predicted molar refractivity (Wildman–Crippen MR) is 164 cm³/mol. The molecule has 0 aromatic heterocycles. The molecule has 40 heavy (non-hydrogen) atoms. The van der Waals surface area contributed by atoms with Gasteiger partial charge in [-0.1, -0.05) is 75.0 Å². The Labute approximate surface area is 254 Å². The van der Waals surface area contributed by atoms with Crippen LogP contribution in [0, 0.1) is 6.92 Å². The Morgan fingerprint density at radius 1 is 1.00 bits per heavy atom. The number of hydrogen-bond acceptors (Lipinski definition) is 4.